The monoisotopic (exact) mass is 671 g/mol. The van der Waals surface area contributed by atoms with Gasteiger partial charge >= 0.3 is 12.1 Å². The number of hydrogen-bond acceptors (Lipinski definition) is 8. The quantitative estimate of drug-likeness (QED) is 0.0982. The summed E-state index contributed by atoms with van der Waals surface area (Å²) in [6, 6.07) is 26.7. The van der Waals surface area contributed by atoms with Crippen LogP contribution in [0.5, 0.6) is 17.2 Å². The van der Waals surface area contributed by atoms with Crippen LogP contribution in [-0.4, -0.2) is 38.8 Å². The molecule has 2 amide bonds. The Balaban J connectivity index is 1.67. The molecule has 4 aromatic rings. The number of amides is 2. The molecule has 4 aromatic carbocycles. The van der Waals surface area contributed by atoms with Crippen LogP contribution in [0.1, 0.15) is 22.3 Å². The van der Waals surface area contributed by atoms with Gasteiger partial charge in [0.15, 0.2) is 0 Å². The van der Waals surface area contributed by atoms with Crippen LogP contribution < -0.4 is 19.1 Å². The van der Waals surface area contributed by atoms with Crippen molar-refractivity contribution in [3.63, 3.8) is 0 Å². The van der Waals surface area contributed by atoms with E-state index >= 15 is 0 Å². The van der Waals surface area contributed by atoms with E-state index in [1.807, 2.05) is 42.5 Å². The Hall–Kier alpha value is -5.09. The van der Waals surface area contributed by atoms with Crippen LogP contribution in [0, 0.1) is 0 Å². The van der Waals surface area contributed by atoms with Crippen molar-refractivity contribution in [3.8, 4) is 17.2 Å². The van der Waals surface area contributed by atoms with Crippen molar-refractivity contribution in [2.45, 2.75) is 18.6 Å². The second-order valence-corrected chi connectivity index (χ2v) is 10.8. The zero-order chi connectivity index (χ0) is 32.0. The van der Waals surface area contributed by atoms with Crippen molar-refractivity contribution < 1.29 is 38.1 Å². The molecule has 0 spiro atoms. The number of halogens is 1. The molecular formula is C35H30BrNO8. The van der Waals surface area contributed by atoms with Crippen LogP contribution in [0.4, 0.5) is 10.5 Å². The predicted molar refractivity (Wildman–Crippen MR) is 171 cm³/mol. The Morgan fingerprint density at radius 3 is 2.22 bits per heavy atom. The summed E-state index contributed by atoms with van der Waals surface area (Å²) >= 11 is 3.46. The largest absolute Gasteiger partial charge is 0.497 e. The molecular weight excluding hydrogens is 642 g/mol. The lowest BCUT2D eigenvalue weighted by molar-refractivity contribution is -0.149. The van der Waals surface area contributed by atoms with Crippen LogP contribution in [-0.2, 0) is 37.7 Å². The molecule has 10 heteroatoms. The fraction of sp³-hybridized carbons (Fsp3) is 0.171. The first kappa shape index (κ1) is 31.3. The molecule has 9 nitrogen and oxygen atoms in total. The summed E-state index contributed by atoms with van der Waals surface area (Å²) in [5, 5.41) is 0. The standard InChI is InChI=1S/C35H30BrNO8/c1-4-19-43-34(40)37-31-27(11-8-12-29(31)36)35(32(37)38,33(39)42-3)28-20-26(44-21-23-9-6-5-7-10-23)17-18-30(28)45-22-24-13-15-25(41-2)16-14-24/h4-18,20H,1,19,21-22H2,2-3H3. The zero-order valence-electron chi connectivity index (χ0n) is 24.7. The van der Waals surface area contributed by atoms with E-state index in [4.69, 9.17) is 23.7 Å². The Labute approximate surface area is 269 Å². The molecule has 45 heavy (non-hydrogen) atoms. The van der Waals surface area contributed by atoms with Gasteiger partial charge in [0.05, 0.1) is 19.9 Å². The first-order chi connectivity index (χ1) is 21.8. The maximum Gasteiger partial charge on any atom is 0.421 e. The summed E-state index contributed by atoms with van der Waals surface area (Å²) in [5.74, 6) is -0.541. The molecule has 0 saturated carbocycles. The highest BCUT2D eigenvalue weighted by atomic mass is 79.9. The zero-order valence-corrected chi connectivity index (χ0v) is 26.2. The third-order valence-corrected chi connectivity index (χ3v) is 7.93. The fourth-order valence-corrected chi connectivity index (χ4v) is 5.70. The van der Waals surface area contributed by atoms with Crippen LogP contribution >= 0.6 is 15.9 Å². The molecule has 1 atom stereocenters. The number of rotatable bonds is 11. The van der Waals surface area contributed by atoms with Gasteiger partial charge in [0.2, 0.25) is 5.41 Å². The summed E-state index contributed by atoms with van der Waals surface area (Å²) in [6.07, 6.45) is 0.405. The minimum Gasteiger partial charge on any atom is -0.497 e. The van der Waals surface area contributed by atoms with Crippen molar-refractivity contribution in [1.82, 2.24) is 0 Å². The van der Waals surface area contributed by atoms with Gasteiger partial charge in [-0.2, -0.15) is 0 Å². The molecule has 0 aliphatic carbocycles. The molecule has 230 valence electrons. The molecule has 0 radical (unpaired) electrons. The highest BCUT2D eigenvalue weighted by molar-refractivity contribution is 9.10. The maximum absolute atomic E-state index is 14.6. The number of fused-ring (bicyclic) bond motifs is 1. The molecule has 0 bridgehead atoms. The number of imide groups is 1. The van der Waals surface area contributed by atoms with E-state index in [0.717, 1.165) is 16.0 Å². The minimum absolute atomic E-state index is 0.100. The van der Waals surface area contributed by atoms with Gasteiger partial charge in [-0.25, -0.2) is 9.69 Å². The molecule has 1 aliphatic rings. The van der Waals surface area contributed by atoms with Crippen LogP contribution in [0.2, 0.25) is 0 Å². The number of esters is 1. The summed E-state index contributed by atoms with van der Waals surface area (Å²) in [6.45, 7) is 3.76. The fourth-order valence-electron chi connectivity index (χ4n) is 5.16. The van der Waals surface area contributed by atoms with Crippen LogP contribution in [0.3, 0.4) is 0 Å². The van der Waals surface area contributed by atoms with E-state index in [2.05, 4.69) is 22.5 Å². The van der Waals surface area contributed by atoms with E-state index in [-0.39, 0.29) is 42.4 Å². The number of nitrogens with zero attached hydrogens (tertiary/aromatic N) is 1. The average molecular weight is 673 g/mol. The lowest BCUT2D eigenvalue weighted by Gasteiger charge is -2.28. The lowest BCUT2D eigenvalue weighted by Crippen LogP contribution is -2.49. The molecule has 1 heterocycles. The first-order valence-electron chi connectivity index (χ1n) is 13.9. The Kier molecular flexibility index (Phi) is 9.53. The molecule has 1 unspecified atom stereocenters. The number of carbonyl (C=O) groups excluding carboxylic acids is 3. The van der Waals surface area contributed by atoms with E-state index < -0.39 is 23.4 Å². The minimum atomic E-state index is -2.15. The second kappa shape index (κ2) is 13.7. The number of benzene rings is 4. The van der Waals surface area contributed by atoms with E-state index in [0.29, 0.717) is 16.0 Å². The van der Waals surface area contributed by atoms with E-state index in [1.54, 1.807) is 55.6 Å². The molecule has 5 rings (SSSR count). The summed E-state index contributed by atoms with van der Waals surface area (Å²) in [5.41, 5.74) is 0.0783. The van der Waals surface area contributed by atoms with E-state index in [9.17, 15) is 14.4 Å². The summed E-state index contributed by atoms with van der Waals surface area (Å²) in [4.78, 5) is 42.8. The first-order valence-corrected chi connectivity index (χ1v) is 14.7. The highest BCUT2D eigenvalue weighted by Crippen LogP contribution is 2.53. The molecule has 0 aromatic heterocycles. The number of para-hydroxylation sites is 1. The van der Waals surface area contributed by atoms with Gasteiger partial charge in [-0.1, -0.05) is 67.3 Å². The van der Waals surface area contributed by atoms with Gasteiger partial charge in [-0.3, -0.25) is 9.59 Å². The number of methoxy groups -OCH3 is 2. The molecule has 1 aliphatic heterocycles. The van der Waals surface area contributed by atoms with Crippen molar-refractivity contribution >= 4 is 39.6 Å². The van der Waals surface area contributed by atoms with Gasteiger partial charge in [0, 0.05) is 15.6 Å². The third kappa shape index (κ3) is 6.01. The topological polar surface area (TPSA) is 101 Å². The van der Waals surface area contributed by atoms with Crippen LogP contribution in [0.25, 0.3) is 0 Å². The smallest absolute Gasteiger partial charge is 0.421 e. The highest BCUT2D eigenvalue weighted by Gasteiger charge is 2.62. The number of ether oxygens (including phenoxy) is 5. The van der Waals surface area contributed by atoms with E-state index in [1.165, 1.54) is 13.2 Å². The van der Waals surface area contributed by atoms with Crippen molar-refractivity contribution in [3.05, 3.63) is 130 Å². The van der Waals surface area contributed by atoms with Crippen molar-refractivity contribution in [2.24, 2.45) is 0 Å². The average Bonchev–Trinajstić information content (AvgIpc) is 3.35. The second-order valence-electron chi connectivity index (χ2n) is 9.95. The van der Waals surface area contributed by atoms with Gasteiger partial charge in [-0.15, -0.1) is 0 Å². The van der Waals surface area contributed by atoms with Gasteiger partial charge < -0.3 is 23.7 Å². The molecule has 0 N–H and O–H groups in total. The summed E-state index contributed by atoms with van der Waals surface area (Å²) in [7, 11) is 2.76. The normalized spacial score (nSPS) is 15.2. The lowest BCUT2D eigenvalue weighted by atomic mass is 9.74. The van der Waals surface area contributed by atoms with Gasteiger partial charge in [0.1, 0.15) is 37.1 Å². The maximum atomic E-state index is 14.6. The number of carbonyl (C=O) groups is 3. The molecule has 0 fully saturated rings. The van der Waals surface area contributed by atoms with Gasteiger partial charge in [0.25, 0.3) is 5.91 Å². The van der Waals surface area contributed by atoms with Crippen molar-refractivity contribution in [1.29, 1.82) is 0 Å². The third-order valence-electron chi connectivity index (χ3n) is 7.29. The Morgan fingerprint density at radius 1 is 0.844 bits per heavy atom. The van der Waals surface area contributed by atoms with Gasteiger partial charge in [-0.05, 0) is 63.5 Å². The Bertz CT molecular complexity index is 1720. The van der Waals surface area contributed by atoms with Crippen molar-refractivity contribution in [2.75, 3.05) is 25.7 Å². The Morgan fingerprint density at radius 2 is 1.53 bits per heavy atom. The van der Waals surface area contributed by atoms with Crippen LogP contribution in [0.15, 0.2) is 108 Å². The summed E-state index contributed by atoms with van der Waals surface area (Å²) < 4.78 is 28.6. The SMILES string of the molecule is C=CCOC(=O)N1C(=O)C(C(=O)OC)(c2cc(OCc3ccccc3)ccc2OCc2ccc(OC)cc2)c2cccc(Br)c21. The number of hydrogen-bond donors (Lipinski definition) is 0. The predicted octanol–water partition coefficient (Wildman–Crippen LogP) is 6.74. The molecule has 0 saturated heterocycles. The number of anilines is 1.